The predicted molar refractivity (Wildman–Crippen MR) is 67.7 cm³/mol. The van der Waals surface area contributed by atoms with Gasteiger partial charge in [0, 0.05) is 0 Å². The van der Waals surface area contributed by atoms with Crippen LogP contribution in [-0.2, 0) is 0 Å². The van der Waals surface area contributed by atoms with E-state index in [1.807, 2.05) is 24.4 Å². The quantitative estimate of drug-likeness (QED) is 0.536. The van der Waals surface area contributed by atoms with Crippen LogP contribution in [0.5, 0.6) is 0 Å². The van der Waals surface area contributed by atoms with Crippen LogP contribution >= 0.6 is 11.3 Å². The molecule has 0 fully saturated rings. The average Bonchev–Trinajstić information content (AvgIpc) is 2.95. The molecule has 0 bridgehead atoms. The minimum atomic E-state index is 0.551. The monoisotopic (exact) mass is 246 g/mol. The van der Waals surface area contributed by atoms with Gasteiger partial charge in [-0.05, 0) is 30.0 Å². The third-order valence-electron chi connectivity index (χ3n) is 2.53. The van der Waals surface area contributed by atoms with Crippen molar-refractivity contribution >= 4 is 27.4 Å². The lowest BCUT2D eigenvalue weighted by Gasteiger charge is -2.03. The van der Waals surface area contributed by atoms with Gasteiger partial charge in [0.05, 0.1) is 11.6 Å². The summed E-state index contributed by atoms with van der Waals surface area (Å²) in [7, 11) is 0. The summed E-state index contributed by atoms with van der Waals surface area (Å²) in [5, 5.41) is 2.88. The van der Waals surface area contributed by atoms with Gasteiger partial charge in [-0.1, -0.05) is 0 Å². The minimum Gasteiger partial charge on any atom is -0.461 e. The molecule has 0 atom stereocenters. The highest BCUT2D eigenvalue weighted by Crippen LogP contribution is 2.29. The number of nitrogens with one attached hydrogen (secondary N) is 1. The van der Waals surface area contributed by atoms with Crippen molar-refractivity contribution in [3.8, 4) is 11.6 Å². The molecule has 3 aromatic heterocycles. The van der Waals surface area contributed by atoms with Gasteiger partial charge in [0.25, 0.3) is 0 Å². The maximum Gasteiger partial charge on any atom is 0.199 e. The van der Waals surface area contributed by atoms with Gasteiger partial charge in [-0.3, -0.25) is 0 Å². The van der Waals surface area contributed by atoms with E-state index >= 15 is 0 Å². The number of hydrogen-bond acceptors (Lipinski definition) is 6. The summed E-state index contributed by atoms with van der Waals surface area (Å²) in [6, 6.07) is 3.82. The van der Waals surface area contributed by atoms with E-state index in [0.29, 0.717) is 17.4 Å². The number of rotatable bonds is 2. The summed E-state index contributed by atoms with van der Waals surface area (Å²) >= 11 is 1.55. The van der Waals surface area contributed by atoms with E-state index in [4.69, 9.17) is 10.3 Å². The van der Waals surface area contributed by atoms with Crippen LogP contribution in [0, 0.1) is 6.92 Å². The van der Waals surface area contributed by atoms with Gasteiger partial charge in [0.1, 0.15) is 4.83 Å². The first-order valence-electron chi connectivity index (χ1n) is 5.06. The topological polar surface area (TPSA) is 77.0 Å². The highest BCUT2D eigenvalue weighted by molar-refractivity contribution is 7.16. The number of nitrogens with zero attached hydrogens (tertiary/aromatic N) is 2. The van der Waals surface area contributed by atoms with Crippen LogP contribution in [0.1, 0.15) is 5.56 Å². The first-order chi connectivity index (χ1) is 8.29. The number of anilines is 1. The number of nitrogens with two attached hydrogens (primary N) is 1. The number of hydrazine groups is 1. The van der Waals surface area contributed by atoms with Crippen molar-refractivity contribution in [1.82, 2.24) is 9.97 Å². The van der Waals surface area contributed by atoms with Crippen molar-refractivity contribution in [3.63, 3.8) is 0 Å². The molecule has 0 saturated heterocycles. The third-order valence-corrected chi connectivity index (χ3v) is 3.33. The van der Waals surface area contributed by atoms with E-state index < -0.39 is 0 Å². The van der Waals surface area contributed by atoms with Crippen molar-refractivity contribution in [2.24, 2.45) is 5.84 Å². The van der Waals surface area contributed by atoms with Crippen LogP contribution in [0.3, 0.4) is 0 Å². The molecule has 0 spiro atoms. The first-order valence-corrected chi connectivity index (χ1v) is 5.94. The number of fused-ring (bicyclic) bond motifs is 1. The summed E-state index contributed by atoms with van der Waals surface area (Å²) in [5.41, 5.74) is 3.60. The number of aromatic nitrogens is 2. The molecule has 6 heteroatoms. The van der Waals surface area contributed by atoms with Crippen LogP contribution in [-0.4, -0.2) is 9.97 Å². The van der Waals surface area contributed by atoms with Gasteiger partial charge < -0.3 is 9.84 Å². The molecular formula is C11H10N4OS. The smallest absolute Gasteiger partial charge is 0.199 e. The lowest BCUT2D eigenvalue weighted by atomic mass is 10.2. The third kappa shape index (κ3) is 1.58. The van der Waals surface area contributed by atoms with E-state index in [1.54, 1.807) is 17.6 Å². The van der Waals surface area contributed by atoms with Gasteiger partial charge >= 0.3 is 0 Å². The number of hydrogen-bond donors (Lipinski definition) is 2. The minimum absolute atomic E-state index is 0.551. The number of thiophene rings is 1. The second-order valence-corrected chi connectivity index (χ2v) is 4.51. The molecule has 0 unspecified atom stereocenters. The molecule has 5 nitrogen and oxygen atoms in total. The van der Waals surface area contributed by atoms with Crippen LogP contribution in [0.25, 0.3) is 21.8 Å². The first kappa shape index (κ1) is 10.2. The van der Waals surface area contributed by atoms with Gasteiger partial charge in [0.2, 0.25) is 0 Å². The van der Waals surface area contributed by atoms with E-state index in [9.17, 15) is 0 Å². The Balaban J connectivity index is 2.27. The Hall–Kier alpha value is -1.92. The largest absolute Gasteiger partial charge is 0.461 e. The summed E-state index contributed by atoms with van der Waals surface area (Å²) in [4.78, 5) is 9.71. The van der Waals surface area contributed by atoms with Crippen molar-refractivity contribution < 1.29 is 4.42 Å². The lowest BCUT2D eigenvalue weighted by molar-refractivity contribution is 0.576. The summed E-state index contributed by atoms with van der Waals surface area (Å²) in [6.45, 7) is 1.95. The molecule has 0 aliphatic carbocycles. The summed E-state index contributed by atoms with van der Waals surface area (Å²) in [6.07, 6.45) is 1.63. The Kier molecular flexibility index (Phi) is 2.31. The fraction of sp³-hybridized carbons (Fsp3) is 0.0909. The molecule has 0 aliphatic heterocycles. The van der Waals surface area contributed by atoms with Crippen LogP contribution in [0.2, 0.25) is 0 Å². The van der Waals surface area contributed by atoms with Crippen LogP contribution < -0.4 is 11.3 Å². The zero-order valence-corrected chi connectivity index (χ0v) is 9.91. The zero-order chi connectivity index (χ0) is 11.8. The molecule has 0 radical (unpaired) electrons. The Bertz CT molecular complexity index is 673. The Morgan fingerprint density at radius 2 is 2.24 bits per heavy atom. The van der Waals surface area contributed by atoms with Crippen LogP contribution in [0.4, 0.5) is 5.82 Å². The standard InChI is InChI=1S/C11H10N4OS/c1-6-2-4-16-8(6)10-13-9(15-12)7-3-5-17-11(7)14-10/h2-5H,12H2,1H3,(H,13,14,15). The summed E-state index contributed by atoms with van der Waals surface area (Å²) < 4.78 is 5.39. The van der Waals surface area contributed by atoms with E-state index in [0.717, 1.165) is 15.8 Å². The van der Waals surface area contributed by atoms with Gasteiger partial charge in [-0.25, -0.2) is 15.8 Å². The van der Waals surface area contributed by atoms with E-state index in [2.05, 4.69) is 15.4 Å². The lowest BCUT2D eigenvalue weighted by Crippen LogP contribution is -2.09. The molecule has 0 amide bonds. The van der Waals surface area contributed by atoms with Crippen LogP contribution in [0.15, 0.2) is 28.2 Å². The van der Waals surface area contributed by atoms with Gasteiger partial charge in [-0.15, -0.1) is 11.3 Å². The van der Waals surface area contributed by atoms with E-state index in [-0.39, 0.29) is 0 Å². The maximum atomic E-state index is 5.47. The number of nitrogen functional groups attached to an aromatic ring is 1. The molecule has 0 aromatic carbocycles. The molecular weight excluding hydrogens is 236 g/mol. The Morgan fingerprint density at radius 3 is 2.94 bits per heavy atom. The maximum absolute atomic E-state index is 5.47. The van der Waals surface area contributed by atoms with Crippen molar-refractivity contribution in [3.05, 3.63) is 29.3 Å². The molecule has 3 rings (SSSR count). The van der Waals surface area contributed by atoms with Gasteiger partial charge in [0.15, 0.2) is 17.4 Å². The average molecular weight is 246 g/mol. The predicted octanol–water partition coefficient (Wildman–Crippen LogP) is 2.55. The van der Waals surface area contributed by atoms with Crippen molar-refractivity contribution in [2.45, 2.75) is 6.92 Å². The highest BCUT2D eigenvalue weighted by atomic mass is 32.1. The molecule has 17 heavy (non-hydrogen) atoms. The van der Waals surface area contributed by atoms with Crippen molar-refractivity contribution in [2.75, 3.05) is 5.43 Å². The SMILES string of the molecule is Cc1ccoc1-c1nc(NN)c2ccsc2n1. The second-order valence-electron chi connectivity index (χ2n) is 3.61. The number of furan rings is 1. The fourth-order valence-corrected chi connectivity index (χ4v) is 2.43. The molecule has 86 valence electrons. The molecule has 0 aliphatic rings. The second kappa shape index (κ2) is 3.83. The molecule has 3 heterocycles. The van der Waals surface area contributed by atoms with Gasteiger partial charge in [-0.2, -0.15) is 0 Å². The molecule has 3 N–H and O–H groups in total. The fourth-order valence-electron chi connectivity index (χ4n) is 1.67. The Labute approximate surface area is 101 Å². The van der Waals surface area contributed by atoms with Crippen molar-refractivity contribution in [1.29, 1.82) is 0 Å². The van der Waals surface area contributed by atoms with E-state index in [1.165, 1.54) is 0 Å². The Morgan fingerprint density at radius 1 is 1.35 bits per heavy atom. The number of aryl methyl sites for hydroxylation is 1. The highest BCUT2D eigenvalue weighted by Gasteiger charge is 2.13. The molecule has 3 aromatic rings. The molecule has 0 saturated carbocycles. The zero-order valence-electron chi connectivity index (χ0n) is 9.10. The summed E-state index contributed by atoms with van der Waals surface area (Å²) in [5.74, 6) is 7.31. The normalized spacial score (nSPS) is 10.9.